The van der Waals surface area contributed by atoms with Gasteiger partial charge in [-0.05, 0) is 24.6 Å². The summed E-state index contributed by atoms with van der Waals surface area (Å²) in [4.78, 5) is 3.16. The van der Waals surface area contributed by atoms with Crippen LogP contribution < -0.4 is 4.74 Å². The summed E-state index contributed by atoms with van der Waals surface area (Å²) in [7, 11) is 1.65. The number of methoxy groups -OCH3 is 1. The molecular weight excluding hydrogens is 202 g/mol. The molecule has 0 bridgehead atoms. The Labute approximate surface area is 95.1 Å². The van der Waals surface area contributed by atoms with E-state index >= 15 is 0 Å². The van der Waals surface area contributed by atoms with Crippen LogP contribution in [-0.4, -0.2) is 17.2 Å². The second kappa shape index (κ2) is 4.58. The Bertz CT molecular complexity index is 476. The molecule has 0 amide bonds. The van der Waals surface area contributed by atoms with Gasteiger partial charge in [-0.2, -0.15) is 0 Å². The van der Waals surface area contributed by atoms with Crippen molar-refractivity contribution in [2.75, 3.05) is 7.11 Å². The second-order valence-corrected chi connectivity index (χ2v) is 3.96. The Morgan fingerprint density at radius 2 is 2.25 bits per heavy atom. The maximum Gasteiger partial charge on any atom is 0.119 e. The minimum atomic E-state index is -0.397. The van der Waals surface area contributed by atoms with Crippen molar-refractivity contribution < 1.29 is 9.84 Å². The van der Waals surface area contributed by atoms with Crippen LogP contribution in [0.5, 0.6) is 5.75 Å². The molecule has 1 unspecified atom stereocenters. The van der Waals surface area contributed by atoms with Gasteiger partial charge in [0, 0.05) is 22.7 Å². The Morgan fingerprint density at radius 1 is 1.44 bits per heavy atom. The first kappa shape index (κ1) is 11.0. The van der Waals surface area contributed by atoms with E-state index < -0.39 is 6.10 Å². The molecule has 2 rings (SSSR count). The van der Waals surface area contributed by atoms with E-state index in [1.165, 1.54) is 0 Å². The number of aliphatic hydroxyl groups is 1. The lowest BCUT2D eigenvalue weighted by Crippen LogP contribution is -1.95. The lowest BCUT2D eigenvalue weighted by atomic mass is 10.0. The highest BCUT2D eigenvalue weighted by atomic mass is 16.5. The molecule has 3 heteroatoms. The number of H-pyrrole nitrogens is 1. The van der Waals surface area contributed by atoms with Gasteiger partial charge in [-0.15, -0.1) is 0 Å². The molecule has 1 aromatic carbocycles. The van der Waals surface area contributed by atoms with Crippen LogP contribution in [0.1, 0.15) is 31.4 Å². The first-order valence-electron chi connectivity index (χ1n) is 5.59. The van der Waals surface area contributed by atoms with Crippen molar-refractivity contribution in [1.82, 2.24) is 4.98 Å². The number of rotatable bonds is 4. The van der Waals surface area contributed by atoms with E-state index in [0.29, 0.717) is 0 Å². The van der Waals surface area contributed by atoms with E-state index in [-0.39, 0.29) is 0 Å². The summed E-state index contributed by atoms with van der Waals surface area (Å²) in [5.41, 5.74) is 1.99. The molecule has 0 fully saturated rings. The molecule has 2 N–H and O–H groups in total. The minimum Gasteiger partial charge on any atom is -0.497 e. The Morgan fingerprint density at radius 3 is 2.94 bits per heavy atom. The smallest absolute Gasteiger partial charge is 0.119 e. The van der Waals surface area contributed by atoms with Crippen molar-refractivity contribution in [1.29, 1.82) is 0 Å². The zero-order valence-electron chi connectivity index (χ0n) is 9.66. The topological polar surface area (TPSA) is 45.2 Å². The Balaban J connectivity index is 2.45. The number of aromatic nitrogens is 1. The van der Waals surface area contributed by atoms with E-state index in [9.17, 15) is 5.11 Å². The lowest BCUT2D eigenvalue weighted by molar-refractivity contribution is 0.168. The first-order valence-corrected chi connectivity index (χ1v) is 5.59. The number of benzene rings is 1. The van der Waals surface area contributed by atoms with E-state index in [4.69, 9.17) is 4.74 Å². The maximum atomic E-state index is 10.0. The van der Waals surface area contributed by atoms with Crippen LogP contribution in [-0.2, 0) is 0 Å². The SMILES string of the molecule is CCCC(O)c1c[nH]c2ccc(OC)cc12. The van der Waals surface area contributed by atoms with Crippen LogP contribution in [0.3, 0.4) is 0 Å². The number of ether oxygens (including phenoxy) is 1. The van der Waals surface area contributed by atoms with Crippen LogP contribution in [0.15, 0.2) is 24.4 Å². The highest BCUT2D eigenvalue weighted by Crippen LogP contribution is 2.29. The maximum absolute atomic E-state index is 10.0. The number of hydrogen-bond donors (Lipinski definition) is 2. The van der Waals surface area contributed by atoms with Crippen LogP contribution in [0.25, 0.3) is 10.9 Å². The van der Waals surface area contributed by atoms with E-state index in [1.54, 1.807) is 7.11 Å². The molecule has 1 heterocycles. The molecule has 2 aromatic rings. The number of aromatic amines is 1. The molecule has 1 aromatic heterocycles. The predicted octanol–water partition coefficient (Wildman–Crippen LogP) is 3.01. The standard InChI is InChI=1S/C13H17NO2/c1-3-4-13(15)11-8-14-12-6-5-9(16-2)7-10(11)12/h5-8,13-15H,3-4H2,1-2H3. The molecule has 86 valence electrons. The molecule has 0 radical (unpaired) electrons. The lowest BCUT2D eigenvalue weighted by Gasteiger charge is -2.08. The Hall–Kier alpha value is -1.48. The zero-order chi connectivity index (χ0) is 11.5. The van der Waals surface area contributed by atoms with Gasteiger partial charge < -0.3 is 14.8 Å². The summed E-state index contributed by atoms with van der Waals surface area (Å²) in [6.45, 7) is 2.07. The van der Waals surface area contributed by atoms with Crippen molar-refractivity contribution in [3.05, 3.63) is 30.0 Å². The summed E-state index contributed by atoms with van der Waals surface area (Å²) in [5.74, 6) is 0.817. The van der Waals surface area contributed by atoms with Crippen molar-refractivity contribution in [2.45, 2.75) is 25.9 Å². The largest absolute Gasteiger partial charge is 0.497 e. The fourth-order valence-electron chi connectivity index (χ4n) is 1.95. The average molecular weight is 219 g/mol. The van der Waals surface area contributed by atoms with Crippen LogP contribution >= 0.6 is 0 Å². The van der Waals surface area contributed by atoms with Crippen molar-refractivity contribution in [3.63, 3.8) is 0 Å². The molecule has 3 nitrogen and oxygen atoms in total. The van der Waals surface area contributed by atoms with E-state index in [2.05, 4.69) is 11.9 Å². The molecule has 0 saturated heterocycles. The number of fused-ring (bicyclic) bond motifs is 1. The van der Waals surface area contributed by atoms with Crippen LogP contribution in [0, 0.1) is 0 Å². The summed E-state index contributed by atoms with van der Waals surface area (Å²) >= 11 is 0. The monoisotopic (exact) mass is 219 g/mol. The Kier molecular flexibility index (Phi) is 3.15. The highest BCUT2D eigenvalue weighted by Gasteiger charge is 2.12. The van der Waals surface area contributed by atoms with Gasteiger partial charge >= 0.3 is 0 Å². The predicted molar refractivity (Wildman–Crippen MR) is 64.7 cm³/mol. The average Bonchev–Trinajstić information content (AvgIpc) is 2.71. The van der Waals surface area contributed by atoms with Gasteiger partial charge in [-0.1, -0.05) is 13.3 Å². The molecule has 16 heavy (non-hydrogen) atoms. The van der Waals surface area contributed by atoms with Crippen molar-refractivity contribution in [3.8, 4) is 5.75 Å². The first-order chi connectivity index (χ1) is 7.76. The van der Waals surface area contributed by atoms with E-state index in [0.717, 1.165) is 35.1 Å². The van der Waals surface area contributed by atoms with Crippen molar-refractivity contribution >= 4 is 10.9 Å². The molecule has 0 aliphatic heterocycles. The minimum absolute atomic E-state index is 0.397. The molecule has 1 atom stereocenters. The van der Waals surface area contributed by atoms with Gasteiger partial charge in [0.15, 0.2) is 0 Å². The number of nitrogens with one attached hydrogen (secondary N) is 1. The third-order valence-corrected chi connectivity index (χ3v) is 2.84. The van der Waals surface area contributed by atoms with Gasteiger partial charge in [0.1, 0.15) is 5.75 Å². The summed E-state index contributed by atoms with van der Waals surface area (Å²) < 4.78 is 5.19. The van der Waals surface area contributed by atoms with Crippen LogP contribution in [0.4, 0.5) is 0 Å². The van der Waals surface area contributed by atoms with Crippen LogP contribution in [0.2, 0.25) is 0 Å². The third-order valence-electron chi connectivity index (χ3n) is 2.84. The third kappa shape index (κ3) is 1.91. The second-order valence-electron chi connectivity index (χ2n) is 3.96. The quantitative estimate of drug-likeness (QED) is 0.830. The van der Waals surface area contributed by atoms with Gasteiger partial charge in [0.25, 0.3) is 0 Å². The number of hydrogen-bond acceptors (Lipinski definition) is 2. The molecule has 0 aliphatic rings. The van der Waals surface area contributed by atoms with E-state index in [1.807, 2.05) is 24.4 Å². The zero-order valence-corrected chi connectivity index (χ0v) is 9.66. The number of aliphatic hydroxyl groups excluding tert-OH is 1. The molecular formula is C13H17NO2. The summed E-state index contributed by atoms with van der Waals surface area (Å²) in [6, 6.07) is 5.84. The summed E-state index contributed by atoms with van der Waals surface area (Å²) in [6.07, 6.45) is 3.23. The van der Waals surface area contributed by atoms with Gasteiger partial charge in [0.2, 0.25) is 0 Å². The fourth-order valence-corrected chi connectivity index (χ4v) is 1.95. The van der Waals surface area contributed by atoms with Gasteiger partial charge in [-0.3, -0.25) is 0 Å². The molecule has 0 aliphatic carbocycles. The van der Waals surface area contributed by atoms with Gasteiger partial charge in [-0.25, -0.2) is 0 Å². The fraction of sp³-hybridized carbons (Fsp3) is 0.385. The van der Waals surface area contributed by atoms with Gasteiger partial charge in [0.05, 0.1) is 13.2 Å². The molecule has 0 spiro atoms. The molecule has 0 saturated carbocycles. The normalized spacial score (nSPS) is 12.9. The summed E-state index contributed by atoms with van der Waals surface area (Å²) in [5, 5.41) is 11.1. The highest BCUT2D eigenvalue weighted by molar-refractivity contribution is 5.84. The van der Waals surface area contributed by atoms with Crippen molar-refractivity contribution in [2.24, 2.45) is 0 Å².